The molecule has 0 aliphatic rings. The molecule has 27 heavy (non-hydrogen) atoms. The SMILES string of the molecule is COc1ccc(CN(C)C(=O)CCNS(=O)(=O)c2ccc(C)c(C)c2)cc1. The summed E-state index contributed by atoms with van der Waals surface area (Å²) in [7, 11) is -0.322. The van der Waals surface area contributed by atoms with Gasteiger partial charge >= 0.3 is 0 Å². The molecular formula is C20H26N2O4S. The van der Waals surface area contributed by atoms with Gasteiger partial charge in [0, 0.05) is 26.6 Å². The molecule has 0 saturated carbocycles. The third-order valence-electron chi connectivity index (χ3n) is 4.42. The van der Waals surface area contributed by atoms with Crippen molar-refractivity contribution in [2.45, 2.75) is 31.7 Å². The lowest BCUT2D eigenvalue weighted by atomic mass is 10.1. The van der Waals surface area contributed by atoms with Crippen LogP contribution in [0.2, 0.25) is 0 Å². The van der Waals surface area contributed by atoms with Crippen molar-refractivity contribution in [2.75, 3.05) is 20.7 Å². The molecule has 1 N–H and O–H groups in total. The monoisotopic (exact) mass is 390 g/mol. The molecule has 0 spiro atoms. The van der Waals surface area contributed by atoms with E-state index in [1.54, 1.807) is 37.3 Å². The molecule has 1 amide bonds. The Labute approximate surface area is 161 Å². The van der Waals surface area contributed by atoms with Gasteiger partial charge in [-0.05, 0) is 54.8 Å². The lowest BCUT2D eigenvalue weighted by Crippen LogP contribution is -2.32. The number of amides is 1. The number of benzene rings is 2. The molecule has 0 heterocycles. The van der Waals surface area contributed by atoms with Gasteiger partial charge in [0.25, 0.3) is 0 Å². The molecule has 0 aliphatic carbocycles. The molecule has 0 saturated heterocycles. The van der Waals surface area contributed by atoms with Crippen LogP contribution in [-0.4, -0.2) is 39.9 Å². The van der Waals surface area contributed by atoms with Crippen LogP contribution in [0.25, 0.3) is 0 Å². The second-order valence-corrected chi connectivity index (χ2v) is 8.26. The van der Waals surface area contributed by atoms with Gasteiger partial charge in [-0.2, -0.15) is 0 Å². The Kier molecular flexibility index (Phi) is 6.98. The number of hydrogen-bond donors (Lipinski definition) is 1. The summed E-state index contributed by atoms with van der Waals surface area (Å²) in [6.45, 7) is 4.30. The zero-order valence-electron chi connectivity index (χ0n) is 16.2. The number of carbonyl (C=O) groups is 1. The van der Waals surface area contributed by atoms with E-state index in [1.165, 1.54) is 0 Å². The summed E-state index contributed by atoms with van der Waals surface area (Å²) in [6.07, 6.45) is 0.0940. The van der Waals surface area contributed by atoms with Crippen molar-refractivity contribution in [3.05, 3.63) is 59.2 Å². The Morgan fingerprint density at radius 3 is 2.33 bits per heavy atom. The number of nitrogens with one attached hydrogen (secondary N) is 1. The fourth-order valence-electron chi connectivity index (χ4n) is 2.54. The summed E-state index contributed by atoms with van der Waals surface area (Å²) in [4.78, 5) is 14.0. The smallest absolute Gasteiger partial charge is 0.240 e. The van der Waals surface area contributed by atoms with Crippen LogP contribution in [0, 0.1) is 13.8 Å². The molecule has 2 aromatic carbocycles. The Bertz CT molecular complexity index is 893. The maximum absolute atomic E-state index is 12.4. The van der Waals surface area contributed by atoms with Crippen molar-refractivity contribution in [1.29, 1.82) is 0 Å². The summed E-state index contributed by atoms with van der Waals surface area (Å²) < 4.78 is 32.3. The molecule has 7 heteroatoms. The number of rotatable bonds is 8. The predicted molar refractivity (Wildman–Crippen MR) is 105 cm³/mol. The molecule has 0 bridgehead atoms. The largest absolute Gasteiger partial charge is 0.497 e. The Morgan fingerprint density at radius 2 is 1.74 bits per heavy atom. The maximum atomic E-state index is 12.4. The van der Waals surface area contributed by atoms with Crippen LogP contribution >= 0.6 is 0 Å². The molecule has 0 atom stereocenters. The topological polar surface area (TPSA) is 75.7 Å². The number of methoxy groups -OCH3 is 1. The minimum absolute atomic E-state index is 0.0566. The standard InChI is InChI=1S/C20H26N2O4S/c1-15-5-10-19(13-16(15)2)27(24,25)21-12-11-20(23)22(3)14-17-6-8-18(26-4)9-7-17/h5-10,13,21H,11-12,14H2,1-4H3. The third kappa shape index (κ3) is 5.80. The normalized spacial score (nSPS) is 11.3. The minimum atomic E-state index is -3.62. The van der Waals surface area contributed by atoms with Gasteiger partial charge < -0.3 is 9.64 Å². The highest BCUT2D eigenvalue weighted by Gasteiger charge is 2.16. The Morgan fingerprint density at radius 1 is 1.07 bits per heavy atom. The summed E-state index contributed by atoms with van der Waals surface area (Å²) in [5.41, 5.74) is 2.92. The first kappa shape index (κ1) is 20.9. The number of hydrogen-bond acceptors (Lipinski definition) is 4. The molecule has 2 rings (SSSR count). The molecule has 0 radical (unpaired) electrons. The second-order valence-electron chi connectivity index (χ2n) is 6.49. The van der Waals surface area contributed by atoms with Crippen LogP contribution in [0.4, 0.5) is 0 Å². The highest BCUT2D eigenvalue weighted by atomic mass is 32.2. The number of sulfonamides is 1. The fraction of sp³-hybridized carbons (Fsp3) is 0.350. The van der Waals surface area contributed by atoms with Gasteiger partial charge in [0.05, 0.1) is 12.0 Å². The Hall–Kier alpha value is -2.38. The highest BCUT2D eigenvalue weighted by molar-refractivity contribution is 7.89. The van der Waals surface area contributed by atoms with Crippen LogP contribution in [0.15, 0.2) is 47.4 Å². The van der Waals surface area contributed by atoms with Gasteiger partial charge in [0.2, 0.25) is 15.9 Å². The predicted octanol–water partition coefficient (Wildman–Crippen LogP) is 2.64. The zero-order chi connectivity index (χ0) is 20.0. The van der Waals surface area contributed by atoms with Crippen LogP contribution in [0.1, 0.15) is 23.1 Å². The van der Waals surface area contributed by atoms with Crippen LogP contribution in [-0.2, 0) is 21.4 Å². The van der Waals surface area contributed by atoms with Gasteiger partial charge in [-0.25, -0.2) is 13.1 Å². The van der Waals surface area contributed by atoms with Crippen molar-refractivity contribution in [1.82, 2.24) is 9.62 Å². The molecule has 146 valence electrons. The number of carbonyl (C=O) groups excluding carboxylic acids is 1. The van der Waals surface area contributed by atoms with E-state index in [9.17, 15) is 13.2 Å². The maximum Gasteiger partial charge on any atom is 0.240 e. The molecule has 0 fully saturated rings. The lowest BCUT2D eigenvalue weighted by molar-refractivity contribution is -0.130. The van der Waals surface area contributed by atoms with Crippen molar-refractivity contribution >= 4 is 15.9 Å². The minimum Gasteiger partial charge on any atom is -0.497 e. The fourth-order valence-corrected chi connectivity index (χ4v) is 3.66. The van der Waals surface area contributed by atoms with Crippen molar-refractivity contribution in [2.24, 2.45) is 0 Å². The van der Waals surface area contributed by atoms with Gasteiger partial charge in [-0.3, -0.25) is 4.79 Å². The average Bonchev–Trinajstić information content (AvgIpc) is 2.64. The van der Waals surface area contributed by atoms with Gasteiger partial charge in [-0.1, -0.05) is 18.2 Å². The third-order valence-corrected chi connectivity index (χ3v) is 5.88. The Balaban J connectivity index is 1.87. The molecule has 6 nitrogen and oxygen atoms in total. The lowest BCUT2D eigenvalue weighted by Gasteiger charge is -2.17. The van der Waals surface area contributed by atoms with Gasteiger partial charge in [0.1, 0.15) is 5.75 Å². The van der Waals surface area contributed by atoms with Crippen LogP contribution in [0.3, 0.4) is 0 Å². The average molecular weight is 391 g/mol. The first-order valence-electron chi connectivity index (χ1n) is 8.67. The van der Waals surface area contributed by atoms with Gasteiger partial charge in [-0.15, -0.1) is 0 Å². The highest BCUT2D eigenvalue weighted by Crippen LogP contribution is 2.15. The number of nitrogens with zero attached hydrogens (tertiary/aromatic N) is 1. The molecule has 0 aliphatic heterocycles. The molecule has 0 aromatic heterocycles. The molecular weight excluding hydrogens is 364 g/mol. The zero-order valence-corrected chi connectivity index (χ0v) is 17.0. The quantitative estimate of drug-likeness (QED) is 0.752. The van der Waals surface area contributed by atoms with E-state index in [0.717, 1.165) is 22.4 Å². The molecule has 2 aromatic rings. The van der Waals surface area contributed by atoms with E-state index >= 15 is 0 Å². The summed E-state index contributed by atoms with van der Waals surface area (Å²) in [5, 5.41) is 0. The van der Waals surface area contributed by atoms with Crippen molar-refractivity contribution in [3.63, 3.8) is 0 Å². The number of ether oxygens (including phenoxy) is 1. The summed E-state index contributed by atoms with van der Waals surface area (Å²) in [6, 6.07) is 12.4. The van der Waals surface area contributed by atoms with Crippen molar-refractivity contribution in [3.8, 4) is 5.75 Å². The van der Waals surface area contributed by atoms with Crippen LogP contribution < -0.4 is 9.46 Å². The van der Waals surface area contributed by atoms with E-state index in [0.29, 0.717) is 6.54 Å². The summed E-state index contributed by atoms with van der Waals surface area (Å²) >= 11 is 0. The van der Waals surface area contributed by atoms with E-state index in [-0.39, 0.29) is 23.8 Å². The first-order chi connectivity index (χ1) is 12.7. The van der Waals surface area contributed by atoms with E-state index in [1.807, 2.05) is 38.1 Å². The number of aryl methyl sites for hydroxylation is 2. The van der Waals surface area contributed by atoms with Crippen LogP contribution in [0.5, 0.6) is 5.75 Å². The summed E-state index contributed by atoms with van der Waals surface area (Å²) in [5.74, 6) is 0.627. The molecule has 0 unspecified atom stereocenters. The van der Waals surface area contributed by atoms with E-state index < -0.39 is 10.0 Å². The van der Waals surface area contributed by atoms with E-state index in [4.69, 9.17) is 4.74 Å². The second kappa shape index (κ2) is 9.01. The van der Waals surface area contributed by atoms with E-state index in [2.05, 4.69) is 4.72 Å². The first-order valence-corrected chi connectivity index (χ1v) is 10.1. The van der Waals surface area contributed by atoms with Gasteiger partial charge in [0.15, 0.2) is 0 Å². The van der Waals surface area contributed by atoms with Crippen molar-refractivity contribution < 1.29 is 17.9 Å².